The number of nitrogens with zero attached hydrogens (tertiary/aromatic N) is 2. The predicted octanol–water partition coefficient (Wildman–Crippen LogP) is 4.55. The Hall–Kier alpha value is -2.98. The normalized spacial score (nSPS) is 10.7. The van der Waals surface area contributed by atoms with Gasteiger partial charge in [-0.05, 0) is 42.0 Å². The molecule has 0 spiro atoms. The Kier molecular flexibility index (Phi) is 4.99. The second-order valence-electron chi connectivity index (χ2n) is 5.03. The molecule has 0 saturated heterocycles. The van der Waals surface area contributed by atoms with Crippen molar-refractivity contribution < 1.29 is 4.79 Å². The van der Waals surface area contributed by atoms with Crippen molar-refractivity contribution in [3.63, 3.8) is 0 Å². The summed E-state index contributed by atoms with van der Waals surface area (Å²) in [5.74, 6) is -0.238. The zero-order valence-corrected chi connectivity index (χ0v) is 13.4. The van der Waals surface area contributed by atoms with Crippen LogP contribution in [0, 0.1) is 0 Å². The summed E-state index contributed by atoms with van der Waals surface area (Å²) < 4.78 is 0. The largest absolute Gasteiger partial charge is 0.322 e. The molecular weight excluding hydrogens is 322 g/mol. The molecule has 2 aromatic carbocycles. The lowest BCUT2D eigenvalue weighted by atomic mass is 10.1. The van der Waals surface area contributed by atoms with Crippen molar-refractivity contribution in [3.05, 3.63) is 89.0 Å². The van der Waals surface area contributed by atoms with Crippen LogP contribution in [-0.2, 0) is 0 Å². The first-order valence-corrected chi connectivity index (χ1v) is 7.70. The quantitative estimate of drug-likeness (QED) is 0.760. The first kappa shape index (κ1) is 15.9. The standard InChI is InChI=1S/C19H14ClN3O/c20-18-7-2-1-6-17(18)19(24)23-16-5-3-4-14(12-16)8-9-15-10-11-21-13-22-15/h1-13H,(H,23,24). The number of aromatic nitrogens is 2. The van der Waals surface area contributed by atoms with Gasteiger partial charge in [0, 0.05) is 11.9 Å². The Balaban J connectivity index is 1.75. The molecule has 5 heteroatoms. The number of benzene rings is 2. The number of anilines is 1. The average molecular weight is 336 g/mol. The summed E-state index contributed by atoms with van der Waals surface area (Å²) in [5, 5.41) is 3.28. The highest BCUT2D eigenvalue weighted by Crippen LogP contribution is 2.18. The van der Waals surface area contributed by atoms with E-state index in [1.807, 2.05) is 42.5 Å². The number of rotatable bonds is 4. The maximum atomic E-state index is 12.3. The molecule has 1 amide bonds. The summed E-state index contributed by atoms with van der Waals surface area (Å²) in [6.07, 6.45) is 7.00. The van der Waals surface area contributed by atoms with Gasteiger partial charge in [-0.2, -0.15) is 0 Å². The monoisotopic (exact) mass is 335 g/mol. The number of carbonyl (C=O) groups is 1. The van der Waals surface area contributed by atoms with E-state index in [9.17, 15) is 4.79 Å². The third-order valence-corrected chi connectivity index (χ3v) is 3.64. The molecule has 118 valence electrons. The number of nitrogens with one attached hydrogen (secondary N) is 1. The molecule has 0 aliphatic rings. The van der Waals surface area contributed by atoms with Crippen molar-refractivity contribution in [3.8, 4) is 0 Å². The lowest BCUT2D eigenvalue weighted by Crippen LogP contribution is -2.12. The van der Waals surface area contributed by atoms with E-state index in [1.165, 1.54) is 6.33 Å². The van der Waals surface area contributed by atoms with E-state index in [2.05, 4.69) is 15.3 Å². The molecule has 0 radical (unpaired) electrons. The van der Waals surface area contributed by atoms with Crippen LogP contribution in [0.4, 0.5) is 5.69 Å². The number of carbonyl (C=O) groups excluding carboxylic acids is 1. The molecule has 3 rings (SSSR count). The lowest BCUT2D eigenvalue weighted by Gasteiger charge is -2.07. The van der Waals surface area contributed by atoms with Gasteiger partial charge in [-0.15, -0.1) is 0 Å². The minimum atomic E-state index is -0.238. The molecule has 1 N–H and O–H groups in total. The molecule has 0 aliphatic carbocycles. The smallest absolute Gasteiger partial charge is 0.257 e. The number of hydrogen-bond acceptors (Lipinski definition) is 3. The molecule has 3 aromatic rings. The van der Waals surface area contributed by atoms with E-state index >= 15 is 0 Å². The summed E-state index contributed by atoms with van der Waals surface area (Å²) >= 11 is 6.05. The van der Waals surface area contributed by atoms with Gasteiger partial charge in [0.2, 0.25) is 0 Å². The van der Waals surface area contributed by atoms with Gasteiger partial charge in [0.1, 0.15) is 6.33 Å². The van der Waals surface area contributed by atoms with Gasteiger partial charge in [0.25, 0.3) is 5.91 Å². The SMILES string of the molecule is O=C(Nc1cccc(C=Cc2ccncn2)c1)c1ccccc1Cl. The molecule has 0 saturated carbocycles. The molecule has 0 aliphatic heterocycles. The molecule has 0 atom stereocenters. The summed E-state index contributed by atoms with van der Waals surface area (Å²) in [6.45, 7) is 0. The van der Waals surface area contributed by atoms with E-state index in [0.29, 0.717) is 16.3 Å². The molecule has 24 heavy (non-hydrogen) atoms. The predicted molar refractivity (Wildman–Crippen MR) is 96.8 cm³/mol. The van der Waals surface area contributed by atoms with Crippen molar-refractivity contribution in [2.75, 3.05) is 5.32 Å². The molecule has 0 fully saturated rings. The van der Waals surface area contributed by atoms with Crippen LogP contribution in [0.3, 0.4) is 0 Å². The van der Waals surface area contributed by atoms with Gasteiger partial charge in [-0.25, -0.2) is 9.97 Å². The number of hydrogen-bond donors (Lipinski definition) is 1. The Labute approximate surface area is 144 Å². The van der Waals surface area contributed by atoms with E-state index in [-0.39, 0.29) is 5.91 Å². The van der Waals surface area contributed by atoms with Gasteiger partial charge < -0.3 is 5.32 Å². The maximum absolute atomic E-state index is 12.3. The highest BCUT2D eigenvalue weighted by atomic mass is 35.5. The first-order chi connectivity index (χ1) is 11.7. The van der Waals surface area contributed by atoms with E-state index in [4.69, 9.17) is 11.6 Å². The Morgan fingerprint density at radius 1 is 1.04 bits per heavy atom. The average Bonchev–Trinajstić information content (AvgIpc) is 2.61. The van der Waals surface area contributed by atoms with Crippen LogP contribution in [0.5, 0.6) is 0 Å². The van der Waals surface area contributed by atoms with Crippen LogP contribution in [-0.4, -0.2) is 15.9 Å². The lowest BCUT2D eigenvalue weighted by molar-refractivity contribution is 0.102. The summed E-state index contributed by atoms with van der Waals surface area (Å²) in [6, 6.07) is 16.3. The molecule has 1 heterocycles. The Morgan fingerprint density at radius 2 is 1.92 bits per heavy atom. The van der Waals surface area contributed by atoms with Gasteiger partial charge in [0.05, 0.1) is 16.3 Å². The third-order valence-electron chi connectivity index (χ3n) is 3.31. The summed E-state index contributed by atoms with van der Waals surface area (Å²) in [7, 11) is 0. The maximum Gasteiger partial charge on any atom is 0.257 e. The highest BCUT2D eigenvalue weighted by molar-refractivity contribution is 6.34. The first-order valence-electron chi connectivity index (χ1n) is 7.32. The molecular formula is C19H14ClN3O. The van der Waals surface area contributed by atoms with Gasteiger partial charge in [-0.3, -0.25) is 4.79 Å². The zero-order valence-electron chi connectivity index (χ0n) is 12.7. The summed E-state index contributed by atoms with van der Waals surface area (Å²) in [4.78, 5) is 20.3. The van der Waals surface area contributed by atoms with Gasteiger partial charge in [-0.1, -0.05) is 41.9 Å². The number of halogens is 1. The molecule has 1 aromatic heterocycles. The molecule has 0 bridgehead atoms. The van der Waals surface area contributed by atoms with Crippen LogP contribution < -0.4 is 5.32 Å². The van der Waals surface area contributed by atoms with Crippen LogP contribution in [0.1, 0.15) is 21.6 Å². The van der Waals surface area contributed by atoms with E-state index in [0.717, 1.165) is 11.3 Å². The third kappa shape index (κ3) is 4.06. The van der Waals surface area contributed by atoms with Crippen molar-refractivity contribution in [1.29, 1.82) is 0 Å². The Morgan fingerprint density at radius 3 is 2.71 bits per heavy atom. The minimum absolute atomic E-state index is 0.238. The van der Waals surface area contributed by atoms with Crippen LogP contribution in [0.15, 0.2) is 67.1 Å². The van der Waals surface area contributed by atoms with Gasteiger partial charge in [0.15, 0.2) is 0 Å². The summed E-state index contributed by atoms with van der Waals surface area (Å²) in [5.41, 5.74) is 2.91. The fourth-order valence-electron chi connectivity index (χ4n) is 2.14. The fourth-order valence-corrected chi connectivity index (χ4v) is 2.37. The van der Waals surface area contributed by atoms with Crippen LogP contribution >= 0.6 is 11.6 Å². The molecule has 0 unspecified atom stereocenters. The topological polar surface area (TPSA) is 54.9 Å². The van der Waals surface area contributed by atoms with Crippen molar-refractivity contribution in [2.45, 2.75) is 0 Å². The van der Waals surface area contributed by atoms with Crippen LogP contribution in [0.2, 0.25) is 5.02 Å². The number of amides is 1. The minimum Gasteiger partial charge on any atom is -0.322 e. The second kappa shape index (κ2) is 7.53. The molecule has 4 nitrogen and oxygen atoms in total. The fraction of sp³-hybridized carbons (Fsp3) is 0. The Bertz CT molecular complexity index is 879. The van der Waals surface area contributed by atoms with Gasteiger partial charge >= 0.3 is 0 Å². The zero-order chi connectivity index (χ0) is 16.8. The highest BCUT2D eigenvalue weighted by Gasteiger charge is 2.09. The van der Waals surface area contributed by atoms with E-state index < -0.39 is 0 Å². The van der Waals surface area contributed by atoms with Crippen molar-refractivity contribution in [1.82, 2.24) is 9.97 Å². The van der Waals surface area contributed by atoms with Crippen molar-refractivity contribution in [2.24, 2.45) is 0 Å². The van der Waals surface area contributed by atoms with Crippen molar-refractivity contribution >= 4 is 35.3 Å². The van der Waals surface area contributed by atoms with E-state index in [1.54, 1.807) is 30.5 Å². The van der Waals surface area contributed by atoms with Crippen LogP contribution in [0.25, 0.3) is 12.2 Å². The second-order valence-corrected chi connectivity index (χ2v) is 5.43.